The Labute approximate surface area is 174 Å². The standard InChI is InChI=1S/C17H17ClN2O5S3/c1-3-25-9-8-20-12-5-4-11(16(21)24-2)10-13(12)26-17(20)19-28(22,23)15-7-6-14(18)27-15/h4-7,10H,3,8-9H2,1-2H3. The maximum atomic E-state index is 12.7. The number of nitrogens with zero attached hydrogens (tertiary/aromatic N) is 2. The van der Waals surface area contributed by atoms with E-state index < -0.39 is 16.0 Å². The number of halogens is 1. The van der Waals surface area contributed by atoms with E-state index in [4.69, 9.17) is 21.1 Å². The summed E-state index contributed by atoms with van der Waals surface area (Å²) < 4.78 is 42.4. The molecule has 7 nitrogen and oxygen atoms in total. The number of hydrogen-bond donors (Lipinski definition) is 0. The summed E-state index contributed by atoms with van der Waals surface area (Å²) in [5, 5.41) is 0. The molecule has 3 aromatic rings. The first-order valence-electron chi connectivity index (χ1n) is 8.21. The van der Waals surface area contributed by atoms with E-state index in [9.17, 15) is 13.2 Å². The molecule has 0 unspecified atom stereocenters. The van der Waals surface area contributed by atoms with Gasteiger partial charge in [-0.15, -0.1) is 15.7 Å². The van der Waals surface area contributed by atoms with E-state index in [1.54, 1.807) is 22.8 Å². The molecule has 0 aliphatic heterocycles. The van der Waals surface area contributed by atoms with Gasteiger partial charge in [0, 0.05) is 13.2 Å². The molecule has 0 saturated carbocycles. The summed E-state index contributed by atoms with van der Waals surface area (Å²) >= 11 is 7.99. The van der Waals surface area contributed by atoms with Gasteiger partial charge < -0.3 is 14.0 Å². The van der Waals surface area contributed by atoms with Gasteiger partial charge in [0.1, 0.15) is 4.21 Å². The van der Waals surface area contributed by atoms with E-state index in [1.807, 2.05) is 6.92 Å². The molecule has 2 heterocycles. The zero-order valence-electron chi connectivity index (χ0n) is 15.0. The van der Waals surface area contributed by atoms with E-state index in [2.05, 4.69) is 4.40 Å². The number of aromatic nitrogens is 1. The molecule has 2 aromatic heterocycles. The molecular weight excluding hydrogens is 444 g/mol. The molecular formula is C17H17ClN2O5S3. The molecule has 11 heteroatoms. The van der Waals surface area contributed by atoms with Crippen molar-refractivity contribution in [2.24, 2.45) is 4.40 Å². The van der Waals surface area contributed by atoms with E-state index in [1.165, 1.54) is 30.6 Å². The van der Waals surface area contributed by atoms with Gasteiger partial charge in [0.25, 0.3) is 10.0 Å². The molecule has 0 N–H and O–H groups in total. The lowest BCUT2D eigenvalue weighted by Gasteiger charge is -2.06. The summed E-state index contributed by atoms with van der Waals surface area (Å²) in [6.07, 6.45) is 0. The Morgan fingerprint density at radius 2 is 2.04 bits per heavy atom. The van der Waals surface area contributed by atoms with Crippen molar-refractivity contribution in [3.8, 4) is 0 Å². The molecule has 28 heavy (non-hydrogen) atoms. The van der Waals surface area contributed by atoms with Crippen LogP contribution in [0.4, 0.5) is 0 Å². The number of sulfonamides is 1. The highest BCUT2D eigenvalue weighted by Gasteiger charge is 2.18. The van der Waals surface area contributed by atoms with Crippen LogP contribution >= 0.6 is 34.3 Å². The molecule has 1 aromatic carbocycles. The van der Waals surface area contributed by atoms with Crippen LogP contribution in [-0.4, -0.2) is 39.3 Å². The minimum atomic E-state index is -3.91. The normalized spacial score (nSPS) is 12.6. The van der Waals surface area contributed by atoms with Crippen molar-refractivity contribution in [3.63, 3.8) is 0 Å². The third kappa shape index (κ3) is 4.47. The second-order valence-corrected chi connectivity index (χ2v) is 10.1. The number of methoxy groups -OCH3 is 1. The number of esters is 1. The van der Waals surface area contributed by atoms with E-state index in [-0.39, 0.29) is 4.21 Å². The van der Waals surface area contributed by atoms with Crippen LogP contribution in [0.25, 0.3) is 10.2 Å². The highest BCUT2D eigenvalue weighted by atomic mass is 35.5. The zero-order chi connectivity index (χ0) is 20.3. The van der Waals surface area contributed by atoms with Crippen LogP contribution in [0.2, 0.25) is 4.34 Å². The summed E-state index contributed by atoms with van der Waals surface area (Å²) in [5.74, 6) is -0.462. The Bertz CT molecular complexity index is 1180. The number of hydrogen-bond acceptors (Lipinski definition) is 7. The van der Waals surface area contributed by atoms with Gasteiger partial charge in [-0.3, -0.25) is 0 Å². The lowest BCUT2D eigenvalue weighted by Crippen LogP contribution is -2.19. The Morgan fingerprint density at radius 1 is 1.25 bits per heavy atom. The maximum Gasteiger partial charge on any atom is 0.337 e. The van der Waals surface area contributed by atoms with Crippen LogP contribution in [0.3, 0.4) is 0 Å². The smallest absolute Gasteiger partial charge is 0.337 e. The molecule has 0 atom stereocenters. The number of fused-ring (bicyclic) bond motifs is 1. The van der Waals surface area contributed by atoms with Gasteiger partial charge in [0.2, 0.25) is 4.80 Å². The van der Waals surface area contributed by atoms with E-state index in [0.717, 1.165) is 21.6 Å². The summed E-state index contributed by atoms with van der Waals surface area (Å²) in [6, 6.07) is 7.99. The molecule has 0 aliphatic carbocycles. The Morgan fingerprint density at radius 3 is 2.68 bits per heavy atom. The molecule has 0 radical (unpaired) electrons. The topological polar surface area (TPSA) is 87.0 Å². The van der Waals surface area contributed by atoms with Gasteiger partial charge in [0.15, 0.2) is 0 Å². The van der Waals surface area contributed by atoms with E-state index >= 15 is 0 Å². The summed E-state index contributed by atoms with van der Waals surface area (Å²) in [4.78, 5) is 12.1. The van der Waals surface area contributed by atoms with Crippen molar-refractivity contribution in [3.05, 3.63) is 45.0 Å². The first kappa shape index (κ1) is 21.0. The summed E-state index contributed by atoms with van der Waals surface area (Å²) in [6.45, 7) is 3.26. The minimum Gasteiger partial charge on any atom is -0.465 e. The van der Waals surface area contributed by atoms with Gasteiger partial charge in [-0.1, -0.05) is 22.9 Å². The Balaban J connectivity index is 2.16. The fourth-order valence-corrected chi connectivity index (χ4v) is 6.25. The van der Waals surface area contributed by atoms with Gasteiger partial charge in [-0.25, -0.2) is 4.79 Å². The largest absolute Gasteiger partial charge is 0.465 e. The quantitative estimate of drug-likeness (QED) is 0.397. The van der Waals surface area contributed by atoms with E-state index in [0.29, 0.717) is 34.5 Å². The van der Waals surface area contributed by atoms with Gasteiger partial charge in [-0.2, -0.15) is 8.42 Å². The van der Waals surface area contributed by atoms with Crippen molar-refractivity contribution < 1.29 is 22.7 Å². The van der Waals surface area contributed by atoms with Crippen molar-refractivity contribution in [1.29, 1.82) is 0 Å². The van der Waals surface area contributed by atoms with Crippen molar-refractivity contribution in [1.82, 2.24) is 4.57 Å². The monoisotopic (exact) mass is 460 g/mol. The predicted molar refractivity (Wildman–Crippen MR) is 110 cm³/mol. The highest BCUT2D eigenvalue weighted by Crippen LogP contribution is 2.27. The Hall–Kier alpha value is -1.72. The van der Waals surface area contributed by atoms with Crippen molar-refractivity contribution in [2.45, 2.75) is 17.7 Å². The second kappa shape index (κ2) is 8.75. The first-order chi connectivity index (χ1) is 13.4. The van der Waals surface area contributed by atoms with Gasteiger partial charge >= 0.3 is 5.97 Å². The second-order valence-electron chi connectivity index (χ2n) is 5.53. The maximum absolute atomic E-state index is 12.7. The molecule has 0 spiro atoms. The Kier molecular flexibility index (Phi) is 6.56. The van der Waals surface area contributed by atoms with Gasteiger partial charge in [-0.05, 0) is 37.3 Å². The fraction of sp³-hybridized carbons (Fsp3) is 0.294. The predicted octanol–water partition coefficient (Wildman–Crippen LogP) is 3.53. The number of thiophene rings is 1. The number of carbonyl (C=O) groups is 1. The third-order valence-electron chi connectivity index (χ3n) is 3.77. The van der Waals surface area contributed by atoms with Crippen LogP contribution < -0.4 is 4.80 Å². The SMILES string of the molecule is CCOCCn1c(=NS(=O)(=O)c2ccc(Cl)s2)sc2cc(C(=O)OC)ccc21. The molecule has 0 aliphatic rings. The van der Waals surface area contributed by atoms with Crippen molar-refractivity contribution >= 4 is 60.5 Å². The van der Waals surface area contributed by atoms with Crippen LogP contribution in [0.5, 0.6) is 0 Å². The average Bonchev–Trinajstić information content (AvgIpc) is 3.25. The van der Waals surface area contributed by atoms with Crippen LogP contribution in [0, 0.1) is 0 Å². The molecule has 0 bridgehead atoms. The molecule has 0 saturated heterocycles. The highest BCUT2D eigenvalue weighted by molar-refractivity contribution is 7.92. The lowest BCUT2D eigenvalue weighted by molar-refractivity contribution is 0.0601. The van der Waals surface area contributed by atoms with Crippen LogP contribution in [-0.2, 0) is 26.0 Å². The summed E-state index contributed by atoms with van der Waals surface area (Å²) in [5.41, 5.74) is 1.14. The molecule has 0 fully saturated rings. The molecule has 3 rings (SSSR count). The molecule has 0 amide bonds. The fourth-order valence-electron chi connectivity index (χ4n) is 2.49. The summed E-state index contributed by atoms with van der Waals surface area (Å²) in [7, 11) is -2.60. The average molecular weight is 461 g/mol. The minimum absolute atomic E-state index is 0.0709. The van der Waals surface area contributed by atoms with Crippen LogP contribution in [0.1, 0.15) is 17.3 Å². The van der Waals surface area contributed by atoms with Crippen LogP contribution in [0.15, 0.2) is 38.9 Å². The number of carbonyl (C=O) groups excluding carboxylic acids is 1. The first-order valence-corrected chi connectivity index (χ1v) is 11.7. The third-order valence-corrected chi connectivity index (χ3v) is 7.89. The number of rotatable bonds is 7. The number of benzene rings is 1. The number of thiazole rings is 1. The number of ether oxygens (including phenoxy) is 2. The molecule has 150 valence electrons. The van der Waals surface area contributed by atoms with Gasteiger partial charge in [0.05, 0.1) is 33.8 Å². The zero-order valence-corrected chi connectivity index (χ0v) is 18.3. The van der Waals surface area contributed by atoms with Crippen molar-refractivity contribution in [2.75, 3.05) is 20.3 Å². The lowest BCUT2D eigenvalue weighted by atomic mass is 10.2.